The minimum Gasteiger partial charge on any atom is -0.507 e. The Kier molecular flexibility index (Phi) is 7.32. The number of nitrogens with zero attached hydrogens (tertiary/aromatic N) is 2. The predicted octanol–water partition coefficient (Wildman–Crippen LogP) is 1.14. The van der Waals surface area contributed by atoms with Crippen LogP contribution >= 0.6 is 0 Å². The van der Waals surface area contributed by atoms with Gasteiger partial charge in [-0.25, -0.2) is 4.39 Å². The zero-order valence-corrected chi connectivity index (χ0v) is 22.2. The first-order valence-corrected chi connectivity index (χ1v) is 12.9. The number of ketones is 3. The number of nitrogens with two attached hydrogens (primary N) is 1. The van der Waals surface area contributed by atoms with Gasteiger partial charge in [-0.1, -0.05) is 13.3 Å². The summed E-state index contributed by atoms with van der Waals surface area (Å²) in [7, 11) is 5.02. The molecule has 6 atom stereocenters. The fourth-order valence-corrected chi connectivity index (χ4v) is 6.70. The number of hydrogen-bond acceptors (Lipinski definition) is 9. The van der Waals surface area contributed by atoms with Gasteiger partial charge in [0.05, 0.1) is 23.2 Å². The van der Waals surface area contributed by atoms with Crippen LogP contribution in [-0.2, 0) is 22.6 Å². The summed E-state index contributed by atoms with van der Waals surface area (Å²) in [6, 6.07) is 0.177. The van der Waals surface area contributed by atoms with Crippen molar-refractivity contribution >= 4 is 28.9 Å². The van der Waals surface area contributed by atoms with E-state index in [0.29, 0.717) is 0 Å². The molecule has 0 aromatic heterocycles. The summed E-state index contributed by atoms with van der Waals surface area (Å²) >= 11 is 0. The van der Waals surface area contributed by atoms with Crippen molar-refractivity contribution in [1.29, 1.82) is 10.8 Å². The number of carbonyl (C=O) groups excluding carboxylic acids is 3. The molecule has 0 amide bonds. The highest BCUT2D eigenvalue weighted by atomic mass is 19.1. The van der Waals surface area contributed by atoms with Gasteiger partial charge in [0.15, 0.2) is 23.0 Å². The van der Waals surface area contributed by atoms with Crippen LogP contribution < -0.4 is 5.73 Å². The van der Waals surface area contributed by atoms with E-state index in [1.54, 1.807) is 14.1 Å². The molecule has 10 nitrogen and oxygen atoms in total. The molecule has 0 aliphatic heterocycles. The second kappa shape index (κ2) is 9.94. The van der Waals surface area contributed by atoms with Crippen LogP contribution in [0, 0.1) is 40.3 Å². The topological polar surface area (TPSA) is 172 Å². The number of likely N-dealkylation sites (N-methyl/N-ethyl adjacent to an activating group) is 1. The molecule has 3 aliphatic rings. The molecule has 0 heterocycles. The van der Waals surface area contributed by atoms with Crippen LogP contribution in [0.4, 0.5) is 4.39 Å². The Morgan fingerprint density at radius 2 is 1.92 bits per heavy atom. The number of nitrogens with one attached hydrogen (secondary N) is 2. The Labute approximate surface area is 221 Å². The summed E-state index contributed by atoms with van der Waals surface area (Å²) in [6.07, 6.45) is 1.87. The molecule has 3 aliphatic carbocycles. The van der Waals surface area contributed by atoms with E-state index < -0.39 is 75.8 Å². The van der Waals surface area contributed by atoms with Crippen molar-refractivity contribution in [3.8, 4) is 5.75 Å². The van der Waals surface area contributed by atoms with Crippen molar-refractivity contribution in [2.75, 3.05) is 27.7 Å². The summed E-state index contributed by atoms with van der Waals surface area (Å²) < 4.78 is 15.8. The lowest BCUT2D eigenvalue weighted by molar-refractivity contribution is -0.155. The molecule has 4 rings (SSSR count). The molecule has 6 N–H and O–H groups in total. The zero-order chi connectivity index (χ0) is 28.3. The van der Waals surface area contributed by atoms with E-state index in [1.165, 1.54) is 11.0 Å². The molecule has 1 aromatic rings. The zero-order valence-electron chi connectivity index (χ0n) is 22.2. The number of phenolic OH excluding ortho intramolecular Hbond substituents is 1. The second-order valence-electron chi connectivity index (χ2n) is 11.2. The molecule has 0 saturated heterocycles. The Hall–Kier alpha value is -3.02. The van der Waals surface area contributed by atoms with E-state index >= 15 is 4.39 Å². The summed E-state index contributed by atoms with van der Waals surface area (Å²) in [4.78, 5) is 44.2. The van der Waals surface area contributed by atoms with Crippen LogP contribution in [-0.4, -0.2) is 88.2 Å². The number of benzene rings is 1. The average Bonchev–Trinajstić information content (AvgIpc) is 2.82. The number of phenols is 1. The van der Waals surface area contributed by atoms with E-state index in [9.17, 15) is 24.6 Å². The van der Waals surface area contributed by atoms with Crippen LogP contribution in [0.1, 0.15) is 47.7 Å². The Morgan fingerprint density at radius 1 is 1.26 bits per heavy atom. The molecule has 0 bridgehead atoms. The normalized spacial score (nSPS) is 30.9. The van der Waals surface area contributed by atoms with Crippen molar-refractivity contribution in [1.82, 2.24) is 9.80 Å². The molecular formula is C27H36FN5O5. The van der Waals surface area contributed by atoms with Gasteiger partial charge < -0.3 is 26.3 Å². The van der Waals surface area contributed by atoms with Crippen LogP contribution in [0.5, 0.6) is 5.75 Å². The lowest BCUT2D eigenvalue weighted by atomic mass is 9.52. The first-order chi connectivity index (χ1) is 17.8. The number of carbonyl (C=O) groups is 3. The fourth-order valence-electron chi connectivity index (χ4n) is 6.70. The monoisotopic (exact) mass is 529 g/mol. The van der Waals surface area contributed by atoms with Crippen LogP contribution in [0.15, 0.2) is 6.07 Å². The van der Waals surface area contributed by atoms with Gasteiger partial charge in [-0.3, -0.25) is 24.7 Å². The van der Waals surface area contributed by atoms with Gasteiger partial charge in [-0.15, -0.1) is 0 Å². The van der Waals surface area contributed by atoms with E-state index in [1.807, 2.05) is 11.9 Å². The largest absolute Gasteiger partial charge is 0.507 e. The number of aliphatic hydroxyl groups is 1. The van der Waals surface area contributed by atoms with Gasteiger partial charge in [0.2, 0.25) is 0 Å². The maximum Gasteiger partial charge on any atom is 0.181 e. The highest BCUT2D eigenvalue weighted by Crippen LogP contribution is 2.51. The Bertz CT molecular complexity index is 1230. The molecule has 1 aromatic carbocycles. The first-order valence-electron chi connectivity index (χ1n) is 12.9. The summed E-state index contributed by atoms with van der Waals surface area (Å²) in [5.41, 5.74) is 2.41. The fraction of sp³-hybridized carbons (Fsp3) is 0.593. The van der Waals surface area contributed by atoms with Gasteiger partial charge >= 0.3 is 0 Å². The number of hydrogen-bond donors (Lipinski definition) is 5. The Balaban J connectivity index is 1.78. The number of fused-ring (bicyclic) bond motifs is 3. The summed E-state index contributed by atoms with van der Waals surface area (Å²) in [5.74, 6) is -8.84. The lowest BCUT2D eigenvalue weighted by Crippen LogP contribution is -2.73. The Morgan fingerprint density at radius 3 is 2.50 bits per heavy atom. The SMILES string of the molecule is CCCCN(C)Cc1cc(O)c2c(c1F)CC1CC3C(N(C)C)C(=O)C(C(=N)N)C(=N)C3(O)C(=O)C1C2=O. The van der Waals surface area contributed by atoms with E-state index in [-0.39, 0.29) is 36.1 Å². The minimum atomic E-state index is -2.50. The molecule has 206 valence electrons. The number of amidine groups is 1. The molecule has 0 spiro atoms. The van der Waals surface area contributed by atoms with Crippen molar-refractivity contribution < 1.29 is 29.0 Å². The number of aromatic hydroxyl groups is 1. The van der Waals surface area contributed by atoms with Gasteiger partial charge in [0.25, 0.3) is 0 Å². The van der Waals surface area contributed by atoms with Crippen molar-refractivity contribution in [3.05, 3.63) is 28.6 Å². The first kappa shape index (κ1) is 28.0. The van der Waals surface area contributed by atoms with Crippen LogP contribution in [0.3, 0.4) is 0 Å². The summed E-state index contributed by atoms with van der Waals surface area (Å²) in [5, 5.41) is 38.9. The number of halogens is 1. The molecule has 6 unspecified atom stereocenters. The van der Waals surface area contributed by atoms with Crippen LogP contribution in [0.2, 0.25) is 0 Å². The third-order valence-corrected chi connectivity index (χ3v) is 8.49. The standard InChI is InChI=1S/C27H36FN5O5/c1-5-6-7-33(4)11-13-10-16(34)18-14(20(13)28)8-12-9-15-21(32(2)3)23(36)19(26(30)31)24(29)27(15,38)25(37)17(12)22(18)35/h10,12,15,17,19,21,29,34,38H,5-9,11H2,1-4H3,(H3,30,31). The van der Waals surface area contributed by atoms with E-state index in [0.717, 1.165) is 19.4 Å². The highest BCUT2D eigenvalue weighted by Gasteiger charge is 2.67. The van der Waals surface area contributed by atoms with E-state index in [4.69, 9.17) is 16.6 Å². The van der Waals surface area contributed by atoms with Crippen molar-refractivity contribution in [2.45, 2.75) is 50.8 Å². The molecule has 0 radical (unpaired) electrons. The minimum absolute atomic E-state index is 0.000506. The molecule has 2 fully saturated rings. The van der Waals surface area contributed by atoms with Crippen LogP contribution in [0.25, 0.3) is 0 Å². The molecule has 38 heavy (non-hydrogen) atoms. The quantitative estimate of drug-likeness (QED) is 0.199. The number of Topliss-reactive ketones (excluding diaryl/α,β-unsaturated/α-hetero) is 3. The van der Waals surface area contributed by atoms with Gasteiger partial charge in [-0.05, 0) is 58.9 Å². The second-order valence-corrected chi connectivity index (χ2v) is 11.2. The lowest BCUT2D eigenvalue weighted by Gasteiger charge is -2.54. The molecular weight excluding hydrogens is 493 g/mol. The third-order valence-electron chi connectivity index (χ3n) is 8.49. The van der Waals surface area contributed by atoms with E-state index in [2.05, 4.69) is 6.92 Å². The highest BCUT2D eigenvalue weighted by molar-refractivity contribution is 6.33. The third kappa shape index (κ3) is 4.07. The smallest absolute Gasteiger partial charge is 0.181 e. The maximum absolute atomic E-state index is 15.8. The van der Waals surface area contributed by atoms with Gasteiger partial charge in [0.1, 0.15) is 23.3 Å². The average molecular weight is 530 g/mol. The van der Waals surface area contributed by atoms with Crippen molar-refractivity contribution in [3.63, 3.8) is 0 Å². The van der Waals surface area contributed by atoms with Gasteiger partial charge in [0, 0.05) is 23.6 Å². The van der Waals surface area contributed by atoms with Crippen molar-refractivity contribution in [2.24, 2.45) is 29.4 Å². The molecule has 2 saturated carbocycles. The summed E-state index contributed by atoms with van der Waals surface area (Å²) in [6.45, 7) is 3.02. The number of rotatable bonds is 7. The number of unbranched alkanes of at least 4 members (excludes halogenated alkanes) is 1. The maximum atomic E-state index is 15.8. The van der Waals surface area contributed by atoms with Gasteiger partial charge in [-0.2, -0.15) is 0 Å². The molecule has 11 heteroatoms. The predicted molar refractivity (Wildman–Crippen MR) is 138 cm³/mol.